The van der Waals surface area contributed by atoms with Gasteiger partial charge < -0.3 is 9.15 Å². The molecule has 0 N–H and O–H groups in total. The molecule has 0 amide bonds. The number of furan rings is 1. The molecule has 0 spiro atoms. The van der Waals surface area contributed by atoms with E-state index in [9.17, 15) is 4.79 Å². The van der Waals surface area contributed by atoms with E-state index in [1.807, 2.05) is 58.0 Å². The van der Waals surface area contributed by atoms with Crippen molar-refractivity contribution >= 4 is 28.5 Å². The Kier molecular flexibility index (Phi) is 4.14. The molecule has 0 radical (unpaired) electrons. The number of benzene rings is 2. The fourth-order valence-corrected chi connectivity index (χ4v) is 2.83. The zero-order chi connectivity index (χ0) is 17.5. The van der Waals surface area contributed by atoms with E-state index >= 15 is 0 Å². The van der Waals surface area contributed by atoms with Gasteiger partial charge in [0.05, 0.1) is 10.6 Å². The molecule has 4 heteroatoms. The van der Waals surface area contributed by atoms with Gasteiger partial charge in [-0.2, -0.15) is 0 Å². The highest BCUT2D eigenvalue weighted by atomic mass is 35.5. The number of hydrogen-bond donors (Lipinski definition) is 0. The third-order valence-electron chi connectivity index (χ3n) is 3.57. The van der Waals surface area contributed by atoms with Gasteiger partial charge in [-0.15, -0.1) is 0 Å². The van der Waals surface area contributed by atoms with Crippen LogP contribution in [0.2, 0.25) is 5.02 Å². The molecule has 124 valence electrons. The summed E-state index contributed by atoms with van der Waals surface area (Å²) in [6.07, 6.45) is 0. The Hall–Kier alpha value is -2.26. The summed E-state index contributed by atoms with van der Waals surface area (Å²) in [5, 5.41) is 1.34. The number of fused-ring (bicyclic) bond motifs is 1. The smallest absolute Gasteiger partial charge is 0.339 e. The molecule has 0 saturated carbocycles. The molecular weight excluding hydrogens is 324 g/mol. The molecule has 3 nitrogen and oxygen atoms in total. The number of esters is 1. The summed E-state index contributed by atoms with van der Waals surface area (Å²) in [5.41, 5.74) is 2.28. The van der Waals surface area contributed by atoms with E-state index in [0.29, 0.717) is 27.5 Å². The van der Waals surface area contributed by atoms with Gasteiger partial charge >= 0.3 is 5.97 Å². The highest BCUT2D eigenvalue weighted by Gasteiger charge is 2.24. The van der Waals surface area contributed by atoms with Gasteiger partial charge in [0.25, 0.3) is 0 Å². The highest BCUT2D eigenvalue weighted by Crippen LogP contribution is 2.39. The molecule has 3 rings (SSSR count). The number of carbonyl (C=O) groups is 1. The van der Waals surface area contributed by atoms with Gasteiger partial charge in [0.2, 0.25) is 0 Å². The van der Waals surface area contributed by atoms with Gasteiger partial charge in [-0.1, -0.05) is 41.4 Å². The number of ether oxygens (including phenoxy) is 1. The standard InChI is InChI=1S/C20H19ClO3/c1-12-9-10-16-15(11-12)17(21)18(23-16)13-7-5-6-8-14(13)19(22)24-20(2,3)4/h5-11H,1-4H3. The first-order valence-electron chi connectivity index (χ1n) is 7.77. The van der Waals surface area contributed by atoms with Crippen LogP contribution in [0.4, 0.5) is 0 Å². The summed E-state index contributed by atoms with van der Waals surface area (Å²) in [5.74, 6) is 0.0875. The molecule has 0 atom stereocenters. The van der Waals surface area contributed by atoms with Gasteiger partial charge in [-0.25, -0.2) is 4.79 Å². The minimum atomic E-state index is -0.570. The quantitative estimate of drug-likeness (QED) is 0.535. The van der Waals surface area contributed by atoms with Gasteiger partial charge in [0.15, 0.2) is 5.76 Å². The largest absolute Gasteiger partial charge is 0.456 e. The second-order valence-electron chi connectivity index (χ2n) is 6.79. The van der Waals surface area contributed by atoms with Crippen LogP contribution in [-0.2, 0) is 4.74 Å². The van der Waals surface area contributed by atoms with Crippen molar-refractivity contribution in [2.75, 3.05) is 0 Å². The van der Waals surface area contributed by atoms with Crippen molar-refractivity contribution in [2.24, 2.45) is 0 Å². The summed E-state index contributed by atoms with van der Waals surface area (Å²) in [6.45, 7) is 7.51. The topological polar surface area (TPSA) is 39.4 Å². The fraction of sp³-hybridized carbons (Fsp3) is 0.250. The lowest BCUT2D eigenvalue weighted by molar-refractivity contribution is 0.00702. The monoisotopic (exact) mass is 342 g/mol. The molecule has 24 heavy (non-hydrogen) atoms. The molecule has 1 aromatic heterocycles. The van der Waals surface area contributed by atoms with Crippen molar-refractivity contribution in [3.63, 3.8) is 0 Å². The first kappa shape index (κ1) is 16.6. The Labute approximate surface area is 146 Å². The predicted octanol–water partition coefficient (Wildman–Crippen LogP) is 6.02. The molecule has 0 saturated heterocycles. The second kappa shape index (κ2) is 5.99. The van der Waals surface area contributed by atoms with Crippen molar-refractivity contribution in [3.05, 3.63) is 58.6 Å². The Morgan fingerprint density at radius 1 is 1.12 bits per heavy atom. The number of halogens is 1. The zero-order valence-electron chi connectivity index (χ0n) is 14.1. The summed E-state index contributed by atoms with van der Waals surface area (Å²) in [4.78, 5) is 12.5. The van der Waals surface area contributed by atoms with E-state index in [1.165, 1.54) is 0 Å². The van der Waals surface area contributed by atoms with Crippen LogP contribution in [0, 0.1) is 6.92 Å². The molecule has 0 aliphatic carbocycles. The van der Waals surface area contributed by atoms with Gasteiger partial charge in [-0.05, 0) is 45.9 Å². The van der Waals surface area contributed by atoms with Crippen LogP contribution in [0.1, 0.15) is 36.7 Å². The van der Waals surface area contributed by atoms with Gasteiger partial charge in [0.1, 0.15) is 11.2 Å². The summed E-state index contributed by atoms with van der Waals surface area (Å²) >= 11 is 6.53. The van der Waals surface area contributed by atoms with Crippen molar-refractivity contribution < 1.29 is 13.9 Å². The first-order valence-corrected chi connectivity index (χ1v) is 8.15. The van der Waals surface area contributed by atoms with Crippen LogP contribution >= 0.6 is 11.6 Å². The van der Waals surface area contributed by atoms with E-state index in [2.05, 4.69) is 0 Å². The molecule has 1 heterocycles. The maximum atomic E-state index is 12.5. The number of aryl methyl sites for hydroxylation is 1. The van der Waals surface area contributed by atoms with Crippen LogP contribution in [-0.4, -0.2) is 11.6 Å². The van der Waals surface area contributed by atoms with E-state index in [-0.39, 0.29) is 0 Å². The molecule has 0 fully saturated rings. The van der Waals surface area contributed by atoms with Gasteiger partial charge in [0, 0.05) is 10.9 Å². The van der Waals surface area contributed by atoms with Crippen molar-refractivity contribution in [3.8, 4) is 11.3 Å². The molecule has 0 unspecified atom stereocenters. The number of hydrogen-bond acceptors (Lipinski definition) is 3. The Morgan fingerprint density at radius 3 is 2.54 bits per heavy atom. The van der Waals surface area contributed by atoms with Gasteiger partial charge in [-0.3, -0.25) is 0 Å². The van der Waals surface area contributed by atoms with E-state index in [0.717, 1.165) is 10.9 Å². The molecule has 3 aromatic rings. The Bertz CT molecular complexity index is 916. The molecular formula is C20H19ClO3. The third kappa shape index (κ3) is 3.17. The number of carbonyl (C=O) groups excluding carboxylic acids is 1. The van der Waals surface area contributed by atoms with Crippen molar-refractivity contribution in [1.82, 2.24) is 0 Å². The summed E-state index contributed by atoms with van der Waals surface area (Å²) in [6, 6.07) is 13.0. The molecule has 0 bridgehead atoms. The van der Waals surface area contributed by atoms with E-state index < -0.39 is 11.6 Å². The zero-order valence-corrected chi connectivity index (χ0v) is 14.9. The van der Waals surface area contributed by atoms with Crippen LogP contribution in [0.5, 0.6) is 0 Å². The number of rotatable bonds is 2. The SMILES string of the molecule is Cc1ccc2oc(-c3ccccc3C(=O)OC(C)(C)C)c(Cl)c2c1. The fourth-order valence-electron chi connectivity index (χ4n) is 2.55. The molecule has 0 aliphatic rings. The average Bonchev–Trinajstić information content (AvgIpc) is 2.82. The predicted molar refractivity (Wildman–Crippen MR) is 96.6 cm³/mol. The maximum Gasteiger partial charge on any atom is 0.339 e. The summed E-state index contributed by atoms with van der Waals surface area (Å²) < 4.78 is 11.4. The first-order chi connectivity index (χ1) is 11.3. The normalized spacial score (nSPS) is 11.7. The lowest BCUT2D eigenvalue weighted by atomic mass is 10.0. The van der Waals surface area contributed by atoms with Crippen LogP contribution in [0.25, 0.3) is 22.3 Å². The molecule has 2 aromatic carbocycles. The highest BCUT2D eigenvalue weighted by molar-refractivity contribution is 6.38. The third-order valence-corrected chi connectivity index (χ3v) is 3.95. The van der Waals surface area contributed by atoms with E-state index in [1.54, 1.807) is 12.1 Å². The minimum Gasteiger partial charge on any atom is -0.456 e. The maximum absolute atomic E-state index is 12.5. The minimum absolute atomic E-state index is 0.397. The second-order valence-corrected chi connectivity index (χ2v) is 7.17. The lowest BCUT2D eigenvalue weighted by Crippen LogP contribution is -2.24. The average molecular weight is 343 g/mol. The van der Waals surface area contributed by atoms with Crippen LogP contribution in [0.15, 0.2) is 46.9 Å². The Morgan fingerprint density at radius 2 is 1.83 bits per heavy atom. The molecule has 0 aliphatic heterocycles. The van der Waals surface area contributed by atoms with Crippen LogP contribution < -0.4 is 0 Å². The van der Waals surface area contributed by atoms with E-state index in [4.69, 9.17) is 20.8 Å². The van der Waals surface area contributed by atoms with Crippen molar-refractivity contribution in [1.29, 1.82) is 0 Å². The van der Waals surface area contributed by atoms with Crippen molar-refractivity contribution in [2.45, 2.75) is 33.3 Å². The summed E-state index contributed by atoms with van der Waals surface area (Å²) in [7, 11) is 0. The van der Waals surface area contributed by atoms with Crippen LogP contribution in [0.3, 0.4) is 0 Å². The lowest BCUT2D eigenvalue weighted by Gasteiger charge is -2.20. The Balaban J connectivity index is 2.14.